The van der Waals surface area contributed by atoms with Crippen molar-refractivity contribution in [2.45, 2.75) is 38.8 Å². The van der Waals surface area contributed by atoms with Gasteiger partial charge in [0, 0.05) is 12.3 Å². The summed E-state index contributed by atoms with van der Waals surface area (Å²) >= 11 is 0. The lowest BCUT2D eigenvalue weighted by atomic mass is 9.85. The molecule has 2 atom stereocenters. The van der Waals surface area contributed by atoms with Crippen molar-refractivity contribution >= 4 is 11.9 Å². The third kappa shape index (κ3) is 4.45. The second-order valence-electron chi connectivity index (χ2n) is 5.16. The van der Waals surface area contributed by atoms with Gasteiger partial charge in [0.05, 0.1) is 6.04 Å². The van der Waals surface area contributed by atoms with Gasteiger partial charge < -0.3 is 10.1 Å². The minimum Gasteiger partial charge on any atom is -0.445 e. The van der Waals surface area contributed by atoms with E-state index in [-0.39, 0.29) is 24.3 Å². The Bertz CT molecular complexity index is 510. The Hall–Kier alpha value is -2.10. The molecule has 4 heteroatoms. The fraction of sp³-hybridized carbons (Fsp3) is 0.412. The normalized spacial score (nSPS) is 20.8. The number of amides is 1. The van der Waals surface area contributed by atoms with Crippen LogP contribution in [0.1, 0.15) is 31.7 Å². The van der Waals surface area contributed by atoms with Crippen LogP contribution in [0.15, 0.2) is 42.5 Å². The molecule has 112 valence electrons. The van der Waals surface area contributed by atoms with Crippen molar-refractivity contribution in [3.63, 3.8) is 0 Å². The number of ketones is 1. The molecule has 0 radical (unpaired) electrons. The lowest BCUT2D eigenvalue weighted by Crippen LogP contribution is -2.43. The minimum absolute atomic E-state index is 0.135. The highest BCUT2D eigenvalue weighted by Crippen LogP contribution is 2.21. The molecule has 0 fully saturated rings. The van der Waals surface area contributed by atoms with Crippen molar-refractivity contribution in [1.29, 1.82) is 0 Å². The van der Waals surface area contributed by atoms with Crippen LogP contribution in [0.25, 0.3) is 0 Å². The molecule has 1 unspecified atom stereocenters. The molecule has 2 rings (SSSR count). The standard InChI is InChI=1S/C17H21NO3/c1-2-16(19)14-10-6-7-11-15(14)18-17(20)21-12-13-8-4-3-5-9-13/h3-5,7-9,11,14-15H,2,6,10,12H2,1H3,(H,18,20)/t14?,15-/m0/s1. The Kier molecular flexibility index (Phi) is 5.55. The lowest BCUT2D eigenvalue weighted by Gasteiger charge is -2.26. The molecule has 4 nitrogen and oxygen atoms in total. The summed E-state index contributed by atoms with van der Waals surface area (Å²) in [5, 5.41) is 2.79. The zero-order chi connectivity index (χ0) is 15.1. The Morgan fingerprint density at radius 3 is 2.76 bits per heavy atom. The number of nitrogens with one attached hydrogen (secondary N) is 1. The van der Waals surface area contributed by atoms with Crippen LogP contribution in [-0.4, -0.2) is 17.9 Å². The molecule has 0 saturated carbocycles. The van der Waals surface area contributed by atoms with E-state index in [1.165, 1.54) is 0 Å². The Balaban J connectivity index is 1.87. The maximum atomic E-state index is 11.9. The molecule has 0 bridgehead atoms. The van der Waals surface area contributed by atoms with Crippen molar-refractivity contribution in [3.05, 3.63) is 48.0 Å². The van der Waals surface area contributed by atoms with E-state index < -0.39 is 6.09 Å². The monoisotopic (exact) mass is 287 g/mol. The Morgan fingerprint density at radius 2 is 2.05 bits per heavy atom. The molecule has 0 aliphatic heterocycles. The van der Waals surface area contributed by atoms with Gasteiger partial charge in [0.2, 0.25) is 0 Å². The summed E-state index contributed by atoms with van der Waals surface area (Å²) in [6.45, 7) is 2.08. The van der Waals surface area contributed by atoms with Crippen LogP contribution >= 0.6 is 0 Å². The lowest BCUT2D eigenvalue weighted by molar-refractivity contribution is -0.123. The van der Waals surface area contributed by atoms with E-state index in [4.69, 9.17) is 4.74 Å². The van der Waals surface area contributed by atoms with E-state index in [1.807, 2.05) is 49.4 Å². The van der Waals surface area contributed by atoms with Crippen molar-refractivity contribution in [2.75, 3.05) is 0 Å². The van der Waals surface area contributed by atoms with Crippen LogP contribution in [-0.2, 0) is 16.1 Å². The fourth-order valence-electron chi connectivity index (χ4n) is 2.51. The predicted octanol–water partition coefficient (Wildman–Crippen LogP) is 3.23. The summed E-state index contributed by atoms with van der Waals surface area (Å²) < 4.78 is 5.20. The van der Waals surface area contributed by atoms with Crippen molar-refractivity contribution in [1.82, 2.24) is 5.32 Å². The fourth-order valence-corrected chi connectivity index (χ4v) is 2.51. The SMILES string of the molecule is CCC(=O)C1CCC=C[C@@H]1NC(=O)OCc1ccccc1. The van der Waals surface area contributed by atoms with E-state index in [9.17, 15) is 9.59 Å². The molecule has 0 spiro atoms. The van der Waals surface area contributed by atoms with E-state index in [0.29, 0.717) is 6.42 Å². The topological polar surface area (TPSA) is 55.4 Å². The van der Waals surface area contributed by atoms with Gasteiger partial charge in [-0.25, -0.2) is 4.79 Å². The van der Waals surface area contributed by atoms with Crippen molar-refractivity contribution in [2.24, 2.45) is 5.92 Å². The number of rotatable bonds is 5. The number of carbonyl (C=O) groups excluding carboxylic acids is 2. The quantitative estimate of drug-likeness (QED) is 0.846. The molecule has 1 aliphatic rings. The molecule has 0 heterocycles. The Labute approximate surface area is 125 Å². The van der Waals surface area contributed by atoms with Gasteiger partial charge in [0.1, 0.15) is 12.4 Å². The van der Waals surface area contributed by atoms with Gasteiger partial charge in [0.15, 0.2) is 0 Å². The molecule has 1 aromatic carbocycles. The molecular weight excluding hydrogens is 266 g/mol. The maximum Gasteiger partial charge on any atom is 0.407 e. The van der Waals surface area contributed by atoms with Crippen LogP contribution in [0.5, 0.6) is 0 Å². The molecule has 1 N–H and O–H groups in total. The highest BCUT2D eigenvalue weighted by Gasteiger charge is 2.28. The van der Waals surface area contributed by atoms with Gasteiger partial charge in [-0.05, 0) is 18.4 Å². The number of ether oxygens (including phenoxy) is 1. The number of benzene rings is 1. The summed E-state index contributed by atoms with van der Waals surface area (Å²) in [6, 6.07) is 9.26. The first-order valence-corrected chi connectivity index (χ1v) is 7.37. The molecule has 0 saturated heterocycles. The number of alkyl carbamates (subject to hydrolysis) is 1. The zero-order valence-corrected chi connectivity index (χ0v) is 12.2. The van der Waals surface area contributed by atoms with E-state index in [0.717, 1.165) is 18.4 Å². The third-order valence-electron chi connectivity index (χ3n) is 3.68. The smallest absolute Gasteiger partial charge is 0.407 e. The molecule has 1 aromatic rings. The van der Waals surface area contributed by atoms with Gasteiger partial charge in [-0.1, -0.05) is 49.4 Å². The molecule has 21 heavy (non-hydrogen) atoms. The first kappa shape index (κ1) is 15.3. The van der Waals surface area contributed by atoms with Crippen molar-refractivity contribution in [3.8, 4) is 0 Å². The molecule has 0 aromatic heterocycles. The summed E-state index contributed by atoms with van der Waals surface area (Å²) in [5.41, 5.74) is 0.938. The summed E-state index contributed by atoms with van der Waals surface area (Å²) in [4.78, 5) is 23.8. The average molecular weight is 287 g/mol. The second-order valence-corrected chi connectivity index (χ2v) is 5.16. The molecular formula is C17H21NO3. The minimum atomic E-state index is -0.482. The number of Topliss-reactive ketones (excluding diaryl/α,β-unsaturated/α-hetero) is 1. The van der Waals surface area contributed by atoms with Gasteiger partial charge in [0.25, 0.3) is 0 Å². The zero-order valence-electron chi connectivity index (χ0n) is 12.2. The summed E-state index contributed by atoms with van der Waals surface area (Å²) in [7, 11) is 0. The van der Waals surface area contributed by atoms with Crippen LogP contribution < -0.4 is 5.32 Å². The van der Waals surface area contributed by atoms with E-state index in [1.54, 1.807) is 0 Å². The van der Waals surface area contributed by atoms with Crippen molar-refractivity contribution < 1.29 is 14.3 Å². The molecule has 1 aliphatic carbocycles. The maximum absolute atomic E-state index is 11.9. The number of carbonyl (C=O) groups is 2. The van der Waals surface area contributed by atoms with Gasteiger partial charge in [-0.2, -0.15) is 0 Å². The largest absolute Gasteiger partial charge is 0.445 e. The molecule has 1 amide bonds. The van der Waals surface area contributed by atoms with E-state index >= 15 is 0 Å². The number of allylic oxidation sites excluding steroid dienone is 1. The van der Waals surface area contributed by atoms with Crippen LogP contribution in [0, 0.1) is 5.92 Å². The summed E-state index contributed by atoms with van der Waals surface area (Å²) in [6.07, 6.45) is 5.58. The van der Waals surface area contributed by atoms with Gasteiger partial charge in [-0.15, -0.1) is 0 Å². The Morgan fingerprint density at radius 1 is 1.29 bits per heavy atom. The first-order chi connectivity index (χ1) is 10.2. The third-order valence-corrected chi connectivity index (χ3v) is 3.68. The number of hydrogen-bond acceptors (Lipinski definition) is 3. The second kappa shape index (κ2) is 7.62. The predicted molar refractivity (Wildman–Crippen MR) is 80.7 cm³/mol. The highest BCUT2D eigenvalue weighted by molar-refractivity contribution is 5.82. The van der Waals surface area contributed by atoms with E-state index in [2.05, 4.69) is 5.32 Å². The van der Waals surface area contributed by atoms with Crippen LogP contribution in [0.4, 0.5) is 4.79 Å². The van der Waals surface area contributed by atoms with Crippen LogP contribution in [0.3, 0.4) is 0 Å². The summed E-state index contributed by atoms with van der Waals surface area (Å²) in [5.74, 6) is 0.0528. The highest BCUT2D eigenvalue weighted by atomic mass is 16.5. The van der Waals surface area contributed by atoms with Crippen LogP contribution in [0.2, 0.25) is 0 Å². The average Bonchev–Trinajstić information content (AvgIpc) is 2.54. The first-order valence-electron chi connectivity index (χ1n) is 7.37. The number of hydrogen-bond donors (Lipinski definition) is 1. The van der Waals surface area contributed by atoms with Gasteiger partial charge in [-0.3, -0.25) is 4.79 Å². The van der Waals surface area contributed by atoms with Gasteiger partial charge >= 0.3 is 6.09 Å².